The standard InChI is InChI=1S/C19H19ClN2O4/c1-2-13-5-3-4-6-16(13)22-17(23)11-21-18(24)12-26-19(25)14-7-9-15(20)10-8-14/h3-10H,2,11-12H2,1H3,(H,21,24)(H,22,23). The monoisotopic (exact) mass is 374 g/mol. The zero-order chi connectivity index (χ0) is 18.9. The van der Waals surface area contributed by atoms with Gasteiger partial charge < -0.3 is 15.4 Å². The number of benzene rings is 2. The first kappa shape index (κ1) is 19.5. The number of carbonyl (C=O) groups is 3. The van der Waals surface area contributed by atoms with Crippen LogP contribution in [0, 0.1) is 0 Å². The number of halogens is 1. The van der Waals surface area contributed by atoms with Crippen molar-refractivity contribution in [3.05, 3.63) is 64.7 Å². The third-order valence-corrected chi connectivity index (χ3v) is 3.78. The van der Waals surface area contributed by atoms with Gasteiger partial charge in [-0.1, -0.05) is 36.7 Å². The van der Waals surface area contributed by atoms with Crippen LogP contribution in [-0.2, 0) is 20.7 Å². The molecule has 0 saturated carbocycles. The summed E-state index contributed by atoms with van der Waals surface area (Å²) in [6.07, 6.45) is 0.781. The van der Waals surface area contributed by atoms with E-state index in [-0.39, 0.29) is 18.0 Å². The minimum absolute atomic E-state index is 0.213. The van der Waals surface area contributed by atoms with E-state index in [1.54, 1.807) is 18.2 Å². The number of hydrogen-bond donors (Lipinski definition) is 2. The summed E-state index contributed by atoms with van der Waals surface area (Å²) in [6.45, 7) is 1.30. The van der Waals surface area contributed by atoms with Crippen molar-refractivity contribution in [3.8, 4) is 0 Å². The number of aryl methyl sites for hydroxylation is 1. The molecule has 0 aliphatic rings. The Kier molecular flexibility index (Phi) is 7.17. The molecule has 0 saturated heterocycles. The van der Waals surface area contributed by atoms with E-state index in [0.29, 0.717) is 10.7 Å². The SMILES string of the molecule is CCc1ccccc1NC(=O)CNC(=O)COC(=O)c1ccc(Cl)cc1. The van der Waals surface area contributed by atoms with Crippen LogP contribution in [0.3, 0.4) is 0 Å². The molecule has 2 aromatic carbocycles. The summed E-state index contributed by atoms with van der Waals surface area (Å²) in [6, 6.07) is 13.5. The quantitative estimate of drug-likeness (QED) is 0.730. The fraction of sp³-hybridized carbons (Fsp3) is 0.211. The van der Waals surface area contributed by atoms with Crippen LogP contribution >= 0.6 is 11.6 Å². The Morgan fingerprint density at radius 3 is 2.38 bits per heavy atom. The number of anilines is 1. The summed E-state index contributed by atoms with van der Waals surface area (Å²) in [7, 11) is 0. The van der Waals surface area contributed by atoms with E-state index in [9.17, 15) is 14.4 Å². The maximum Gasteiger partial charge on any atom is 0.338 e. The molecule has 136 valence electrons. The fourth-order valence-electron chi connectivity index (χ4n) is 2.18. The van der Waals surface area contributed by atoms with Gasteiger partial charge in [0.15, 0.2) is 6.61 Å². The van der Waals surface area contributed by atoms with Crippen molar-refractivity contribution in [2.45, 2.75) is 13.3 Å². The van der Waals surface area contributed by atoms with Crippen LogP contribution in [0.5, 0.6) is 0 Å². The first-order valence-electron chi connectivity index (χ1n) is 8.06. The largest absolute Gasteiger partial charge is 0.452 e. The third-order valence-electron chi connectivity index (χ3n) is 3.53. The molecule has 2 aromatic rings. The van der Waals surface area contributed by atoms with E-state index in [4.69, 9.17) is 16.3 Å². The second-order valence-corrected chi connectivity index (χ2v) is 5.86. The lowest BCUT2D eigenvalue weighted by molar-refractivity contribution is -0.126. The lowest BCUT2D eigenvalue weighted by Gasteiger charge is -2.10. The van der Waals surface area contributed by atoms with Crippen molar-refractivity contribution in [1.82, 2.24) is 5.32 Å². The van der Waals surface area contributed by atoms with E-state index in [0.717, 1.165) is 12.0 Å². The minimum atomic E-state index is -0.641. The molecule has 7 heteroatoms. The minimum Gasteiger partial charge on any atom is -0.452 e. The Morgan fingerprint density at radius 2 is 1.69 bits per heavy atom. The van der Waals surface area contributed by atoms with Crippen LogP contribution < -0.4 is 10.6 Å². The predicted molar refractivity (Wildman–Crippen MR) is 99.2 cm³/mol. The van der Waals surface area contributed by atoms with Gasteiger partial charge in [-0.3, -0.25) is 9.59 Å². The maximum absolute atomic E-state index is 11.9. The van der Waals surface area contributed by atoms with Crippen molar-refractivity contribution in [2.24, 2.45) is 0 Å². The molecule has 0 radical (unpaired) electrons. The van der Waals surface area contributed by atoms with Crippen LogP contribution in [0.25, 0.3) is 0 Å². The number of para-hydroxylation sites is 1. The van der Waals surface area contributed by atoms with Gasteiger partial charge in [-0.25, -0.2) is 4.79 Å². The summed E-state index contributed by atoms with van der Waals surface area (Å²) in [5.41, 5.74) is 2.00. The molecule has 2 rings (SSSR count). The Morgan fingerprint density at radius 1 is 1.00 bits per heavy atom. The summed E-state index contributed by atoms with van der Waals surface area (Å²) in [5.74, 6) is -1.56. The highest BCUT2D eigenvalue weighted by Gasteiger charge is 2.11. The zero-order valence-electron chi connectivity index (χ0n) is 14.3. The normalized spacial score (nSPS) is 10.1. The summed E-state index contributed by atoms with van der Waals surface area (Å²) in [4.78, 5) is 35.4. The summed E-state index contributed by atoms with van der Waals surface area (Å²) < 4.78 is 4.89. The number of nitrogens with one attached hydrogen (secondary N) is 2. The van der Waals surface area contributed by atoms with Crippen LogP contribution in [0.4, 0.5) is 5.69 Å². The topological polar surface area (TPSA) is 84.5 Å². The van der Waals surface area contributed by atoms with E-state index >= 15 is 0 Å². The molecule has 6 nitrogen and oxygen atoms in total. The Balaban J connectivity index is 1.75. The second kappa shape index (κ2) is 9.58. The number of carbonyl (C=O) groups excluding carboxylic acids is 3. The molecule has 0 atom stereocenters. The first-order chi connectivity index (χ1) is 12.5. The Labute approximate surface area is 156 Å². The second-order valence-electron chi connectivity index (χ2n) is 5.42. The van der Waals surface area contributed by atoms with Crippen LogP contribution in [0.15, 0.2) is 48.5 Å². The molecule has 0 aliphatic heterocycles. The smallest absolute Gasteiger partial charge is 0.338 e. The molecule has 0 fully saturated rings. The van der Waals surface area contributed by atoms with Crippen molar-refractivity contribution < 1.29 is 19.1 Å². The molecule has 0 aliphatic carbocycles. The van der Waals surface area contributed by atoms with Gasteiger partial charge in [-0.15, -0.1) is 0 Å². The number of rotatable bonds is 7. The summed E-state index contributed by atoms with van der Waals surface area (Å²) >= 11 is 5.74. The fourth-order valence-corrected chi connectivity index (χ4v) is 2.30. The van der Waals surface area contributed by atoms with Crippen LogP contribution in [0.2, 0.25) is 5.02 Å². The van der Waals surface area contributed by atoms with Crippen LogP contribution in [0.1, 0.15) is 22.8 Å². The Bertz CT molecular complexity index is 790. The van der Waals surface area contributed by atoms with Gasteiger partial charge in [-0.2, -0.15) is 0 Å². The highest BCUT2D eigenvalue weighted by atomic mass is 35.5. The maximum atomic E-state index is 11.9. The zero-order valence-corrected chi connectivity index (χ0v) is 15.0. The van der Waals surface area contributed by atoms with Crippen molar-refractivity contribution in [2.75, 3.05) is 18.5 Å². The molecule has 0 heterocycles. The number of hydrogen-bond acceptors (Lipinski definition) is 4. The molecule has 0 unspecified atom stereocenters. The van der Waals surface area contributed by atoms with Gasteiger partial charge in [0.2, 0.25) is 5.91 Å². The molecule has 0 spiro atoms. The lowest BCUT2D eigenvalue weighted by atomic mass is 10.1. The molecule has 26 heavy (non-hydrogen) atoms. The molecular formula is C19H19ClN2O4. The highest BCUT2D eigenvalue weighted by molar-refractivity contribution is 6.30. The van der Waals surface area contributed by atoms with Gasteiger partial charge in [0.1, 0.15) is 0 Å². The molecule has 0 bridgehead atoms. The average Bonchev–Trinajstić information content (AvgIpc) is 2.65. The number of ether oxygens (including phenoxy) is 1. The molecule has 0 aromatic heterocycles. The van der Waals surface area contributed by atoms with Crippen molar-refractivity contribution >= 4 is 35.1 Å². The predicted octanol–water partition coefficient (Wildman–Crippen LogP) is 2.81. The van der Waals surface area contributed by atoms with Gasteiger partial charge in [0.05, 0.1) is 12.1 Å². The average molecular weight is 375 g/mol. The van der Waals surface area contributed by atoms with E-state index < -0.39 is 18.5 Å². The summed E-state index contributed by atoms with van der Waals surface area (Å²) in [5, 5.41) is 5.64. The van der Waals surface area contributed by atoms with Gasteiger partial charge in [0, 0.05) is 10.7 Å². The van der Waals surface area contributed by atoms with Crippen LogP contribution in [-0.4, -0.2) is 30.9 Å². The van der Waals surface area contributed by atoms with E-state index in [1.165, 1.54) is 12.1 Å². The van der Waals surface area contributed by atoms with E-state index in [2.05, 4.69) is 10.6 Å². The molecule has 2 N–H and O–H groups in total. The van der Waals surface area contributed by atoms with Gasteiger partial charge in [0.25, 0.3) is 5.91 Å². The van der Waals surface area contributed by atoms with Gasteiger partial charge in [-0.05, 0) is 42.3 Å². The molecular weight excluding hydrogens is 356 g/mol. The Hall–Kier alpha value is -2.86. The number of amides is 2. The van der Waals surface area contributed by atoms with Gasteiger partial charge >= 0.3 is 5.97 Å². The van der Waals surface area contributed by atoms with Crippen molar-refractivity contribution in [3.63, 3.8) is 0 Å². The lowest BCUT2D eigenvalue weighted by Crippen LogP contribution is -2.35. The van der Waals surface area contributed by atoms with Crippen molar-refractivity contribution in [1.29, 1.82) is 0 Å². The third kappa shape index (κ3) is 5.89. The first-order valence-corrected chi connectivity index (χ1v) is 8.44. The van der Waals surface area contributed by atoms with E-state index in [1.807, 2.05) is 25.1 Å². The molecule has 2 amide bonds. The highest BCUT2D eigenvalue weighted by Crippen LogP contribution is 2.15. The number of esters is 1.